The third kappa shape index (κ3) is 1.27. The second-order valence-corrected chi connectivity index (χ2v) is 2.62. The van der Waals surface area contributed by atoms with Gasteiger partial charge in [0.25, 0.3) is 0 Å². The van der Waals surface area contributed by atoms with Crippen LogP contribution in [0.5, 0.6) is 0 Å². The van der Waals surface area contributed by atoms with E-state index in [0.717, 1.165) is 5.69 Å². The number of nitrogens with one attached hydrogen (secondary N) is 1. The number of hydrogen-bond donors (Lipinski definition) is 1. The van der Waals surface area contributed by atoms with E-state index in [0.29, 0.717) is 11.8 Å². The van der Waals surface area contributed by atoms with Crippen LogP contribution in [0.25, 0.3) is 0 Å². The van der Waals surface area contributed by atoms with Crippen LogP contribution in [0.2, 0.25) is 0 Å². The van der Waals surface area contributed by atoms with Crippen molar-refractivity contribution in [2.45, 2.75) is 6.92 Å². The third-order valence-electron chi connectivity index (χ3n) is 1.70. The number of esters is 1. The molecule has 0 spiro atoms. The fourth-order valence-corrected chi connectivity index (χ4v) is 1.18. The predicted octanol–water partition coefficient (Wildman–Crippen LogP) is 1.78. The van der Waals surface area contributed by atoms with E-state index in [1.54, 1.807) is 13.0 Å². The van der Waals surface area contributed by atoms with Crippen LogP contribution in [0.15, 0.2) is 24.3 Å². The quantitative estimate of drug-likeness (QED) is 0.505. The number of hydrogen-bond acceptors (Lipinski definition) is 3. The van der Waals surface area contributed by atoms with E-state index in [1.165, 1.54) is 0 Å². The van der Waals surface area contributed by atoms with E-state index in [9.17, 15) is 4.79 Å². The van der Waals surface area contributed by atoms with Crippen molar-refractivity contribution in [3.63, 3.8) is 0 Å². The summed E-state index contributed by atoms with van der Waals surface area (Å²) in [6, 6.07) is 7.26. The van der Waals surface area contributed by atoms with Crippen LogP contribution < -0.4 is 5.32 Å². The summed E-state index contributed by atoms with van der Waals surface area (Å²) in [7, 11) is 0. The Balaban J connectivity index is 0.000000845. The molecule has 0 fully saturated rings. The number of fused-ring (bicyclic) bond motifs is 1. The predicted molar refractivity (Wildman–Crippen MR) is 44.4 cm³/mol. The average Bonchev–Trinajstić information content (AvgIpc) is 2.04. The number of anilines is 1. The fourth-order valence-electron chi connectivity index (χ4n) is 1.18. The van der Waals surface area contributed by atoms with E-state index in [1.807, 2.05) is 18.2 Å². The van der Waals surface area contributed by atoms with Gasteiger partial charge in [-0.05, 0) is 12.1 Å². The molecule has 64 valence electrons. The molecule has 0 bridgehead atoms. The van der Waals surface area contributed by atoms with Crippen LogP contribution in [0.1, 0.15) is 17.3 Å². The smallest absolute Gasteiger partial charge is 0.310 e. The van der Waals surface area contributed by atoms with E-state index < -0.39 is 0 Å². The molecule has 0 saturated heterocycles. The summed E-state index contributed by atoms with van der Waals surface area (Å²) in [6.07, 6.45) is 0.527. The molecule has 0 saturated carbocycles. The summed E-state index contributed by atoms with van der Waals surface area (Å²) in [5.41, 5.74) is 1.40. The number of carbonyl (C=O) groups excluding carboxylic acids is 1. The normalized spacial score (nSPS) is 15.0. The van der Waals surface area contributed by atoms with Crippen LogP contribution in [0.3, 0.4) is 0 Å². The van der Waals surface area contributed by atoms with E-state index in [-0.39, 0.29) is 5.97 Å². The Labute approximate surface area is 70.3 Å². The number of benzene rings is 1. The summed E-state index contributed by atoms with van der Waals surface area (Å²) < 4.78 is 4.88. The maximum Gasteiger partial charge on any atom is 0.310 e. The summed E-state index contributed by atoms with van der Waals surface area (Å²) >= 11 is 0. The minimum Gasteiger partial charge on any atom is -0.610 e. The molecule has 1 aromatic carbocycles. The van der Waals surface area contributed by atoms with Gasteiger partial charge in [0.05, 0.1) is 5.56 Å². The van der Waals surface area contributed by atoms with Crippen molar-refractivity contribution in [1.82, 2.24) is 0 Å². The number of rotatable bonds is 0. The van der Waals surface area contributed by atoms with Crippen molar-refractivity contribution in [2.75, 3.05) is 5.32 Å². The van der Waals surface area contributed by atoms with E-state index in [4.69, 9.17) is 4.74 Å². The third-order valence-corrected chi connectivity index (χ3v) is 1.70. The molecular formula is C9H8NO2Rf-. The number of cyclic esters (lactones) is 1. The topological polar surface area (TPSA) is 38.3 Å². The van der Waals surface area contributed by atoms with Crippen LogP contribution >= 0.6 is 0 Å². The molecule has 13 heavy (non-hydrogen) atoms. The Kier molecular flexibility index (Phi) is 1.88. The van der Waals surface area contributed by atoms with Crippen LogP contribution in [0, 0.1) is 6.23 Å². The molecule has 0 aliphatic carbocycles. The molecule has 0 unspecified atom stereocenters. The van der Waals surface area contributed by atoms with Crippen molar-refractivity contribution in [1.29, 1.82) is 0 Å². The fraction of sp³-hybridized carbons (Fsp3) is 0.111. The molecule has 1 heterocycles. The number of ether oxygens (including phenoxy) is 1. The largest absolute Gasteiger partial charge is 0.610 e. The second-order valence-electron chi connectivity index (χ2n) is 2.62. The Morgan fingerprint density at radius 2 is 2.08 bits per heavy atom. The molecule has 1 N–H and O–H groups in total. The average molecular weight is 429 g/mol. The molecular weight excluding hydrogens is 421 g/mol. The molecule has 4 heteroatoms. The number of carbonyl (C=O) groups is 1. The first-order valence-electron chi connectivity index (χ1n) is 3.69. The van der Waals surface area contributed by atoms with Gasteiger partial charge in [0.1, 0.15) is 0 Å². The Morgan fingerprint density at radius 1 is 1.38 bits per heavy atom. The van der Waals surface area contributed by atoms with Gasteiger partial charge in [0.15, 0.2) is 0 Å². The van der Waals surface area contributed by atoms with Crippen LogP contribution in [0.4, 0.5) is 5.69 Å². The first kappa shape index (κ1) is 8.59. The Morgan fingerprint density at radius 3 is 2.85 bits per heavy atom. The molecule has 0 radical (unpaired) electrons. The standard InChI is InChI=1S/C9H8NO2.Rf/c1-6-10-8-5-3-2-4-7(8)9(11)12-6;/h2-5,10H,1H3;/q-1;. The Hall–Kier alpha value is -2.51. The number of para-hydroxylation sites is 1. The van der Waals surface area contributed by atoms with Gasteiger partial charge in [-0.1, -0.05) is 18.4 Å². The van der Waals surface area contributed by atoms with Gasteiger partial charge in [0, 0.05) is 5.69 Å². The van der Waals surface area contributed by atoms with Crippen molar-refractivity contribution < 1.29 is 9.53 Å². The molecule has 0 atom stereocenters. The van der Waals surface area contributed by atoms with Crippen molar-refractivity contribution >= 4 is 11.7 Å². The summed E-state index contributed by atoms with van der Waals surface area (Å²) in [5, 5.41) is 2.96. The van der Waals surface area contributed by atoms with E-state index >= 15 is 0 Å². The van der Waals surface area contributed by atoms with E-state index in [2.05, 4.69) is 5.32 Å². The molecule has 1 aromatic rings. The minimum atomic E-state index is -0.290. The molecule has 0 aromatic heterocycles. The van der Waals surface area contributed by atoms with Gasteiger partial charge < -0.3 is 10.1 Å². The van der Waals surface area contributed by atoms with Crippen molar-refractivity contribution in [3.05, 3.63) is 36.1 Å². The second kappa shape index (κ2) is 2.85. The Bertz CT molecular complexity index is 327. The zero-order valence-corrected chi connectivity index (χ0v) is 13.7. The molecule has 2 rings (SSSR count). The first-order valence-corrected chi connectivity index (χ1v) is 3.69. The molecule has 1 aliphatic rings. The summed E-state index contributed by atoms with van der Waals surface area (Å²) in [5.74, 6) is -0.290. The van der Waals surface area contributed by atoms with Crippen LogP contribution in [-0.2, 0) is 4.74 Å². The van der Waals surface area contributed by atoms with Gasteiger partial charge in [-0.15, -0.1) is 6.92 Å². The summed E-state index contributed by atoms with van der Waals surface area (Å²) in [4.78, 5) is 11.2. The molecule has 0 amide bonds. The monoisotopic (exact) mass is 429 g/mol. The zero-order chi connectivity index (χ0) is 8.55. The maximum atomic E-state index is 11.2. The zero-order valence-electron chi connectivity index (χ0n) is 7.33. The van der Waals surface area contributed by atoms with Gasteiger partial charge in [-0.3, -0.25) is 0 Å². The van der Waals surface area contributed by atoms with Crippen molar-refractivity contribution in [2.24, 2.45) is 0 Å². The van der Waals surface area contributed by atoms with Crippen LogP contribution in [-0.4, -0.2) is 5.97 Å². The van der Waals surface area contributed by atoms with Gasteiger partial charge in [0.2, 0.25) is 0 Å². The molecule has 1 aliphatic heterocycles. The van der Waals surface area contributed by atoms with Gasteiger partial charge >= 0.3 is 5.97 Å². The van der Waals surface area contributed by atoms with Crippen molar-refractivity contribution in [3.8, 4) is 0 Å². The molecule has 3 nitrogen and oxygen atoms in total. The summed E-state index contributed by atoms with van der Waals surface area (Å²) in [6.45, 7) is 1.72. The van der Waals surface area contributed by atoms with Gasteiger partial charge in [-0.2, -0.15) is 0 Å². The maximum absolute atomic E-state index is 11.2. The minimum absolute atomic E-state index is 0. The van der Waals surface area contributed by atoms with Gasteiger partial charge in [-0.25, -0.2) is 4.79 Å². The first-order chi connectivity index (χ1) is 5.77. The SMILES string of the molecule is C[C-]1Nc2ccccc2C(=O)O1.[Rf].